The van der Waals surface area contributed by atoms with Crippen LogP contribution in [0.25, 0.3) is 11.1 Å². The topological polar surface area (TPSA) is 52.8 Å². The molecule has 0 fully saturated rings. The van der Waals surface area contributed by atoms with E-state index in [2.05, 4.69) is 22.3 Å². The number of rotatable bonds is 3. The molecule has 1 aromatic carbocycles. The molecule has 20 heavy (non-hydrogen) atoms. The van der Waals surface area contributed by atoms with E-state index in [-0.39, 0.29) is 22.7 Å². The van der Waals surface area contributed by atoms with Gasteiger partial charge in [-0.3, -0.25) is 5.10 Å². The van der Waals surface area contributed by atoms with Crippen LogP contribution in [0.1, 0.15) is 5.56 Å². The first-order chi connectivity index (χ1) is 9.31. The van der Waals surface area contributed by atoms with Crippen molar-refractivity contribution in [3.8, 4) is 16.9 Å². The normalized spacial score (nSPS) is 10.0. The molecule has 0 saturated carbocycles. The summed E-state index contributed by atoms with van der Waals surface area (Å²) < 4.78 is 1.97. The van der Waals surface area contributed by atoms with Crippen molar-refractivity contribution >= 4 is 0 Å². The fourth-order valence-corrected chi connectivity index (χ4v) is 2.07. The molecule has 0 unspecified atom stereocenters. The quantitative estimate of drug-likeness (QED) is 0.613. The number of pyridine rings is 1. The predicted octanol–water partition coefficient (Wildman–Crippen LogP) is -0.878. The van der Waals surface area contributed by atoms with Crippen molar-refractivity contribution in [2.24, 2.45) is 0 Å². The van der Waals surface area contributed by atoms with E-state index in [4.69, 9.17) is 0 Å². The van der Waals surface area contributed by atoms with Gasteiger partial charge in [0, 0.05) is 23.4 Å². The Morgan fingerprint density at radius 1 is 1.10 bits per heavy atom. The summed E-state index contributed by atoms with van der Waals surface area (Å²) in [6, 6.07) is 11.9. The first kappa shape index (κ1) is 14.3. The van der Waals surface area contributed by atoms with Crippen molar-refractivity contribution < 1.29 is 26.7 Å². The highest BCUT2D eigenvalue weighted by Gasteiger charge is 2.10. The zero-order chi connectivity index (χ0) is 13.1. The zero-order valence-corrected chi connectivity index (χ0v) is 12.3. The number of nitrogens with zero attached hydrogens (tertiary/aromatic N) is 2. The van der Waals surface area contributed by atoms with E-state index < -0.39 is 0 Å². The number of halogens is 1. The monoisotopic (exact) mass is 331 g/mol. The van der Waals surface area contributed by atoms with Crippen LogP contribution in [0.15, 0.2) is 61.2 Å². The second-order valence-corrected chi connectivity index (χ2v) is 4.43. The average Bonchev–Trinajstić information content (AvgIpc) is 2.93. The first-order valence-electron chi connectivity index (χ1n) is 6.07. The third-order valence-corrected chi connectivity index (χ3v) is 2.95. The Morgan fingerprint density at radius 3 is 2.60 bits per heavy atom. The number of aromatic nitrogens is 3. The summed E-state index contributed by atoms with van der Waals surface area (Å²) in [5.74, 6) is 0.245. The van der Waals surface area contributed by atoms with Crippen LogP contribution in [0.4, 0.5) is 0 Å². The minimum absolute atomic E-state index is 0. The molecule has 4 nitrogen and oxygen atoms in total. The van der Waals surface area contributed by atoms with Crippen LogP contribution >= 0.6 is 0 Å². The minimum atomic E-state index is 0. The molecule has 0 aliphatic carbocycles. The molecule has 0 radical (unpaired) electrons. The molecule has 5 heteroatoms. The Balaban J connectivity index is 0.00000147. The Morgan fingerprint density at radius 2 is 1.90 bits per heavy atom. The van der Waals surface area contributed by atoms with Crippen LogP contribution in [0.5, 0.6) is 5.75 Å². The van der Waals surface area contributed by atoms with Gasteiger partial charge < -0.3 is 22.1 Å². The van der Waals surface area contributed by atoms with Crippen molar-refractivity contribution in [2.45, 2.75) is 6.54 Å². The number of nitrogens with one attached hydrogen (secondary N) is 1. The van der Waals surface area contributed by atoms with E-state index in [1.54, 1.807) is 18.5 Å². The molecule has 3 aromatic rings. The van der Waals surface area contributed by atoms with Crippen molar-refractivity contribution in [1.29, 1.82) is 0 Å². The van der Waals surface area contributed by atoms with E-state index in [1.165, 1.54) is 5.56 Å². The van der Waals surface area contributed by atoms with Gasteiger partial charge in [-0.2, -0.15) is 9.67 Å². The molecular formula is C15H14BrN3O. The number of H-pyrrole nitrogens is 1. The van der Waals surface area contributed by atoms with Crippen LogP contribution in [0.3, 0.4) is 0 Å². The maximum absolute atomic E-state index is 9.82. The molecule has 2 N–H and O–H groups in total. The van der Waals surface area contributed by atoms with Gasteiger partial charge in [-0.25, -0.2) is 0 Å². The fraction of sp³-hybridized carbons (Fsp3) is 0.0667. The van der Waals surface area contributed by atoms with Gasteiger partial charge in [0.05, 0.1) is 11.8 Å². The summed E-state index contributed by atoms with van der Waals surface area (Å²) in [5.41, 5.74) is 3.08. The van der Waals surface area contributed by atoms with Gasteiger partial charge >= 0.3 is 0 Å². The van der Waals surface area contributed by atoms with Crippen molar-refractivity contribution in [3.63, 3.8) is 0 Å². The summed E-state index contributed by atoms with van der Waals surface area (Å²) >= 11 is 0. The molecule has 2 aromatic heterocycles. The first-order valence-corrected chi connectivity index (χ1v) is 6.07. The fourth-order valence-electron chi connectivity index (χ4n) is 2.07. The molecule has 0 atom stereocenters. The molecule has 2 heterocycles. The summed E-state index contributed by atoms with van der Waals surface area (Å²) in [7, 11) is 0. The Hall–Kier alpha value is -2.14. The van der Waals surface area contributed by atoms with Gasteiger partial charge in [0.15, 0.2) is 18.5 Å². The number of benzene rings is 1. The standard InChI is InChI=1S/C15H13N3O.BrH/c19-15-6-13(14-7-16-17-8-14)10-18(11-15)9-12-4-2-1-3-5-12;/h1-8,10-11H,9H2,(H-,16,17,19);1H. The molecule has 0 spiro atoms. The second kappa shape index (κ2) is 6.34. The molecule has 0 aliphatic rings. The molecule has 0 amide bonds. The highest BCUT2D eigenvalue weighted by molar-refractivity contribution is 5.60. The summed E-state index contributed by atoms with van der Waals surface area (Å²) in [4.78, 5) is 0. The summed E-state index contributed by atoms with van der Waals surface area (Å²) in [6.07, 6.45) is 7.26. The lowest BCUT2D eigenvalue weighted by molar-refractivity contribution is -0.688. The molecule has 0 saturated heterocycles. The third kappa shape index (κ3) is 3.24. The molecule has 0 aliphatic heterocycles. The van der Waals surface area contributed by atoms with Crippen LogP contribution in [0, 0.1) is 0 Å². The van der Waals surface area contributed by atoms with E-state index >= 15 is 0 Å². The van der Waals surface area contributed by atoms with Gasteiger partial charge in [0.1, 0.15) is 0 Å². The van der Waals surface area contributed by atoms with Gasteiger partial charge in [0.2, 0.25) is 6.20 Å². The van der Waals surface area contributed by atoms with Gasteiger partial charge in [-0.05, 0) is 0 Å². The second-order valence-electron chi connectivity index (χ2n) is 4.43. The highest BCUT2D eigenvalue weighted by Crippen LogP contribution is 2.19. The van der Waals surface area contributed by atoms with Crippen LogP contribution in [0.2, 0.25) is 0 Å². The average molecular weight is 332 g/mol. The summed E-state index contributed by atoms with van der Waals surface area (Å²) in [5, 5.41) is 16.5. The van der Waals surface area contributed by atoms with Crippen molar-refractivity contribution in [3.05, 3.63) is 66.7 Å². The zero-order valence-electron chi connectivity index (χ0n) is 10.7. The van der Waals surface area contributed by atoms with Crippen LogP contribution in [-0.2, 0) is 6.54 Å². The van der Waals surface area contributed by atoms with E-state index in [9.17, 15) is 5.11 Å². The van der Waals surface area contributed by atoms with Gasteiger partial charge in [-0.15, -0.1) is 0 Å². The molecule has 0 bridgehead atoms. The number of aromatic amines is 1. The van der Waals surface area contributed by atoms with Crippen molar-refractivity contribution in [2.75, 3.05) is 0 Å². The highest BCUT2D eigenvalue weighted by atomic mass is 79.9. The SMILES string of the molecule is Oc1cc(-c2cn[nH]c2)c[n+](Cc2ccccc2)c1.[Br-]. The maximum atomic E-state index is 9.82. The molecular weight excluding hydrogens is 318 g/mol. The molecule has 3 rings (SSSR count). The maximum Gasteiger partial charge on any atom is 0.211 e. The molecule has 102 valence electrons. The van der Waals surface area contributed by atoms with E-state index in [1.807, 2.05) is 35.2 Å². The van der Waals surface area contributed by atoms with Crippen LogP contribution in [-0.4, -0.2) is 15.3 Å². The van der Waals surface area contributed by atoms with Gasteiger partial charge in [-0.1, -0.05) is 30.3 Å². The minimum Gasteiger partial charge on any atom is -1.00 e. The summed E-state index contributed by atoms with van der Waals surface area (Å²) in [6.45, 7) is 0.722. The lowest BCUT2D eigenvalue weighted by atomic mass is 10.1. The lowest BCUT2D eigenvalue weighted by Crippen LogP contribution is -3.00. The van der Waals surface area contributed by atoms with E-state index in [0.29, 0.717) is 0 Å². The van der Waals surface area contributed by atoms with Crippen LogP contribution < -0.4 is 21.5 Å². The number of hydrogen-bond donors (Lipinski definition) is 2. The van der Waals surface area contributed by atoms with Gasteiger partial charge in [0.25, 0.3) is 0 Å². The lowest BCUT2D eigenvalue weighted by Gasteiger charge is -2.01. The number of hydrogen-bond acceptors (Lipinski definition) is 2. The Kier molecular flexibility index (Phi) is 4.53. The Bertz CT molecular complexity index is 669. The van der Waals surface area contributed by atoms with E-state index in [0.717, 1.165) is 17.7 Å². The smallest absolute Gasteiger partial charge is 0.211 e. The third-order valence-electron chi connectivity index (χ3n) is 2.95. The largest absolute Gasteiger partial charge is 1.00 e. The Labute approximate surface area is 127 Å². The number of aromatic hydroxyl groups is 1. The van der Waals surface area contributed by atoms with Crippen molar-refractivity contribution in [1.82, 2.24) is 10.2 Å². The predicted molar refractivity (Wildman–Crippen MR) is 71.4 cm³/mol.